The molecule has 0 aliphatic heterocycles. The molecule has 2 nitrogen and oxygen atoms in total. The van der Waals surface area contributed by atoms with E-state index in [1.165, 1.54) is 11.6 Å². The number of ether oxygens (including phenoxy) is 1. The Hall–Kier alpha value is -1.39. The summed E-state index contributed by atoms with van der Waals surface area (Å²) < 4.78 is 19.2. The van der Waals surface area contributed by atoms with Crippen molar-refractivity contribution < 1.29 is 9.13 Å². The molecule has 0 saturated heterocycles. The van der Waals surface area contributed by atoms with E-state index in [0.717, 1.165) is 6.42 Å². The molecule has 2 rings (SSSR count). The average Bonchev–Trinajstić information content (AvgIpc) is 2.81. The van der Waals surface area contributed by atoms with E-state index < -0.39 is 0 Å². The number of thiophene rings is 1. The zero-order chi connectivity index (χ0) is 13.0. The van der Waals surface area contributed by atoms with Gasteiger partial charge >= 0.3 is 0 Å². The Morgan fingerprint density at radius 2 is 2.22 bits per heavy atom. The van der Waals surface area contributed by atoms with E-state index in [1.54, 1.807) is 30.4 Å². The van der Waals surface area contributed by atoms with Crippen molar-refractivity contribution in [2.75, 3.05) is 6.61 Å². The summed E-state index contributed by atoms with van der Waals surface area (Å²) in [6.07, 6.45) is 0.833. The maximum atomic E-state index is 13.6. The molecule has 18 heavy (non-hydrogen) atoms. The van der Waals surface area contributed by atoms with Gasteiger partial charge in [0.15, 0.2) is 0 Å². The topological polar surface area (TPSA) is 35.2 Å². The maximum absolute atomic E-state index is 13.6. The minimum atomic E-state index is -0.307. The van der Waals surface area contributed by atoms with Crippen LogP contribution in [0.15, 0.2) is 35.0 Å². The molecule has 0 saturated carbocycles. The van der Waals surface area contributed by atoms with E-state index in [4.69, 9.17) is 10.5 Å². The maximum Gasteiger partial charge on any atom is 0.131 e. The lowest BCUT2D eigenvalue weighted by Gasteiger charge is -2.10. The first-order valence-corrected chi connectivity index (χ1v) is 6.80. The van der Waals surface area contributed by atoms with Crippen LogP contribution in [0.25, 0.3) is 0 Å². The molecule has 0 aliphatic rings. The van der Waals surface area contributed by atoms with Gasteiger partial charge in [-0.2, -0.15) is 11.3 Å². The quantitative estimate of drug-likeness (QED) is 0.897. The van der Waals surface area contributed by atoms with Crippen molar-refractivity contribution in [2.45, 2.75) is 19.4 Å². The molecule has 0 bridgehead atoms. The standard InChI is InChI=1S/C14H16FNOS/c1-10(16)13-3-2-12(8-14(13)15)17-6-4-11-5-7-18-9-11/h2-3,5,7-10H,4,6,16H2,1H3/t10-/m0/s1. The molecule has 96 valence electrons. The molecule has 4 heteroatoms. The predicted octanol–water partition coefficient (Wildman–Crippen LogP) is 3.53. The van der Waals surface area contributed by atoms with Gasteiger partial charge < -0.3 is 10.5 Å². The minimum absolute atomic E-state index is 0.301. The Kier molecular flexibility index (Phi) is 4.33. The third-order valence-electron chi connectivity index (χ3n) is 2.70. The van der Waals surface area contributed by atoms with Crippen LogP contribution in [0.4, 0.5) is 4.39 Å². The molecule has 0 aliphatic carbocycles. The molecule has 1 aromatic heterocycles. The Balaban J connectivity index is 1.92. The van der Waals surface area contributed by atoms with E-state index in [1.807, 2.05) is 5.38 Å². The van der Waals surface area contributed by atoms with Gasteiger partial charge in [0.2, 0.25) is 0 Å². The van der Waals surface area contributed by atoms with Gasteiger partial charge in [0.25, 0.3) is 0 Å². The first-order chi connectivity index (χ1) is 8.66. The smallest absolute Gasteiger partial charge is 0.131 e. The highest BCUT2D eigenvalue weighted by molar-refractivity contribution is 7.07. The van der Waals surface area contributed by atoms with Gasteiger partial charge in [0, 0.05) is 24.1 Å². The molecule has 1 atom stereocenters. The SMILES string of the molecule is C[C@H](N)c1ccc(OCCc2ccsc2)cc1F. The van der Waals surface area contributed by atoms with Gasteiger partial charge in [0.1, 0.15) is 11.6 Å². The summed E-state index contributed by atoms with van der Waals surface area (Å²) in [5.41, 5.74) is 7.41. The number of nitrogens with two attached hydrogens (primary N) is 1. The number of hydrogen-bond donors (Lipinski definition) is 1. The van der Waals surface area contributed by atoms with Crippen LogP contribution >= 0.6 is 11.3 Å². The molecular weight excluding hydrogens is 249 g/mol. The van der Waals surface area contributed by atoms with Gasteiger partial charge in [0.05, 0.1) is 6.61 Å². The number of rotatable bonds is 5. The van der Waals surface area contributed by atoms with Crippen LogP contribution < -0.4 is 10.5 Å². The summed E-state index contributed by atoms with van der Waals surface area (Å²) in [7, 11) is 0. The molecule has 0 unspecified atom stereocenters. The fourth-order valence-electron chi connectivity index (χ4n) is 1.69. The van der Waals surface area contributed by atoms with Crippen LogP contribution in [0, 0.1) is 5.82 Å². The Bertz CT molecular complexity index is 497. The second-order valence-electron chi connectivity index (χ2n) is 4.20. The zero-order valence-electron chi connectivity index (χ0n) is 10.2. The fourth-order valence-corrected chi connectivity index (χ4v) is 2.39. The third-order valence-corrected chi connectivity index (χ3v) is 3.43. The van der Waals surface area contributed by atoms with E-state index in [2.05, 4.69) is 11.4 Å². The zero-order valence-corrected chi connectivity index (χ0v) is 11.0. The Labute approximate surface area is 110 Å². The van der Waals surface area contributed by atoms with Crippen LogP contribution in [-0.2, 0) is 6.42 Å². The van der Waals surface area contributed by atoms with Crippen LogP contribution in [0.5, 0.6) is 5.75 Å². The van der Waals surface area contributed by atoms with Crippen molar-refractivity contribution in [3.63, 3.8) is 0 Å². The normalized spacial score (nSPS) is 12.4. The highest BCUT2D eigenvalue weighted by Crippen LogP contribution is 2.20. The number of halogens is 1. The fraction of sp³-hybridized carbons (Fsp3) is 0.286. The Morgan fingerprint density at radius 1 is 1.39 bits per heavy atom. The highest BCUT2D eigenvalue weighted by atomic mass is 32.1. The third kappa shape index (κ3) is 3.31. The van der Waals surface area contributed by atoms with E-state index in [0.29, 0.717) is 17.9 Å². The molecule has 1 aromatic carbocycles. The van der Waals surface area contributed by atoms with Gasteiger partial charge in [-0.05, 0) is 35.4 Å². The molecule has 0 amide bonds. The van der Waals surface area contributed by atoms with Crippen molar-refractivity contribution in [2.24, 2.45) is 5.73 Å². The van der Waals surface area contributed by atoms with E-state index in [-0.39, 0.29) is 11.9 Å². The lowest BCUT2D eigenvalue weighted by atomic mass is 10.1. The van der Waals surface area contributed by atoms with Gasteiger partial charge in [-0.3, -0.25) is 0 Å². The summed E-state index contributed by atoms with van der Waals surface area (Å²) in [6, 6.07) is 6.60. The van der Waals surface area contributed by atoms with Crippen LogP contribution in [0.2, 0.25) is 0 Å². The van der Waals surface area contributed by atoms with Gasteiger partial charge in [-0.15, -0.1) is 0 Å². The largest absolute Gasteiger partial charge is 0.493 e. The van der Waals surface area contributed by atoms with Gasteiger partial charge in [-0.25, -0.2) is 4.39 Å². The Morgan fingerprint density at radius 3 is 2.83 bits per heavy atom. The summed E-state index contributed by atoms with van der Waals surface area (Å²) in [5, 5.41) is 4.12. The van der Waals surface area contributed by atoms with Crippen molar-refractivity contribution >= 4 is 11.3 Å². The monoisotopic (exact) mass is 265 g/mol. The minimum Gasteiger partial charge on any atom is -0.493 e. The van der Waals surface area contributed by atoms with Crippen LogP contribution in [0.1, 0.15) is 24.1 Å². The molecule has 0 spiro atoms. The van der Waals surface area contributed by atoms with E-state index in [9.17, 15) is 4.39 Å². The molecule has 0 radical (unpaired) electrons. The van der Waals surface area contributed by atoms with Gasteiger partial charge in [-0.1, -0.05) is 6.07 Å². The molecule has 1 heterocycles. The van der Waals surface area contributed by atoms with Crippen LogP contribution in [-0.4, -0.2) is 6.61 Å². The molecule has 2 aromatic rings. The summed E-state index contributed by atoms with van der Waals surface area (Å²) in [4.78, 5) is 0. The van der Waals surface area contributed by atoms with Crippen molar-refractivity contribution in [3.8, 4) is 5.75 Å². The summed E-state index contributed by atoms with van der Waals surface area (Å²) in [5.74, 6) is 0.241. The molecular formula is C14H16FNOS. The molecule has 2 N–H and O–H groups in total. The van der Waals surface area contributed by atoms with Crippen molar-refractivity contribution in [3.05, 3.63) is 52.0 Å². The highest BCUT2D eigenvalue weighted by Gasteiger charge is 2.07. The van der Waals surface area contributed by atoms with Crippen molar-refractivity contribution in [1.29, 1.82) is 0 Å². The first-order valence-electron chi connectivity index (χ1n) is 5.85. The van der Waals surface area contributed by atoms with Crippen LogP contribution in [0.3, 0.4) is 0 Å². The number of benzene rings is 1. The lowest BCUT2D eigenvalue weighted by molar-refractivity contribution is 0.320. The second kappa shape index (κ2) is 5.98. The van der Waals surface area contributed by atoms with Crippen molar-refractivity contribution in [1.82, 2.24) is 0 Å². The number of hydrogen-bond acceptors (Lipinski definition) is 3. The second-order valence-corrected chi connectivity index (χ2v) is 4.98. The predicted molar refractivity (Wildman–Crippen MR) is 72.5 cm³/mol. The van der Waals surface area contributed by atoms with E-state index >= 15 is 0 Å². The lowest BCUT2D eigenvalue weighted by Crippen LogP contribution is -2.08. The first kappa shape index (κ1) is 13.1. The average molecular weight is 265 g/mol. The summed E-state index contributed by atoms with van der Waals surface area (Å²) >= 11 is 1.66. The molecule has 0 fully saturated rings. The summed E-state index contributed by atoms with van der Waals surface area (Å²) in [6.45, 7) is 2.31.